The van der Waals surface area contributed by atoms with Crippen LogP contribution in [0.4, 0.5) is 0 Å². The van der Waals surface area contributed by atoms with Gasteiger partial charge in [0.1, 0.15) is 0 Å². The summed E-state index contributed by atoms with van der Waals surface area (Å²) in [6.45, 7) is 11.0. The average Bonchev–Trinajstić information content (AvgIpc) is 2.67. The molecular weight excluding hydrogens is 244 g/mol. The molecule has 1 aliphatic heterocycles. The van der Waals surface area contributed by atoms with Crippen LogP contribution in [0.15, 0.2) is 0 Å². The van der Waals surface area contributed by atoms with E-state index in [4.69, 9.17) is 5.73 Å². The summed E-state index contributed by atoms with van der Waals surface area (Å²) in [5.41, 5.74) is 6.40. The predicted octanol–water partition coefficient (Wildman–Crippen LogP) is 3.90. The van der Waals surface area contributed by atoms with Gasteiger partial charge in [-0.05, 0) is 75.3 Å². The summed E-state index contributed by atoms with van der Waals surface area (Å²) in [7, 11) is 0. The van der Waals surface area contributed by atoms with Gasteiger partial charge >= 0.3 is 0 Å². The summed E-state index contributed by atoms with van der Waals surface area (Å²) >= 11 is 0. The lowest BCUT2D eigenvalue weighted by Gasteiger charge is -2.37. The van der Waals surface area contributed by atoms with Gasteiger partial charge in [0, 0.05) is 12.6 Å². The predicted molar refractivity (Wildman–Crippen MR) is 87.7 cm³/mol. The van der Waals surface area contributed by atoms with Gasteiger partial charge in [-0.25, -0.2) is 0 Å². The highest BCUT2D eigenvalue weighted by Gasteiger charge is 2.29. The van der Waals surface area contributed by atoms with E-state index in [2.05, 4.69) is 25.7 Å². The Bertz CT molecular complexity index is 277. The minimum atomic E-state index is 0.460. The third-order valence-corrected chi connectivity index (χ3v) is 6.03. The van der Waals surface area contributed by atoms with Crippen LogP contribution >= 0.6 is 0 Å². The van der Waals surface area contributed by atoms with E-state index in [-0.39, 0.29) is 0 Å². The van der Waals surface area contributed by atoms with E-state index in [9.17, 15) is 0 Å². The lowest BCUT2D eigenvalue weighted by Crippen LogP contribution is -2.43. The topological polar surface area (TPSA) is 29.3 Å². The number of nitrogens with zero attached hydrogens (tertiary/aromatic N) is 1. The molecule has 0 spiro atoms. The highest BCUT2D eigenvalue weighted by Crippen LogP contribution is 2.32. The van der Waals surface area contributed by atoms with Gasteiger partial charge < -0.3 is 10.6 Å². The van der Waals surface area contributed by atoms with Gasteiger partial charge in [0.2, 0.25) is 0 Å². The SMILES string of the molecule is CCC1CCC(N)C(CN2CCCC(C(C)C)CC2)C1. The van der Waals surface area contributed by atoms with Crippen molar-refractivity contribution in [2.75, 3.05) is 19.6 Å². The zero-order chi connectivity index (χ0) is 14.5. The van der Waals surface area contributed by atoms with Crippen molar-refractivity contribution in [3.05, 3.63) is 0 Å². The molecule has 20 heavy (non-hydrogen) atoms. The molecule has 0 aromatic rings. The van der Waals surface area contributed by atoms with Crippen molar-refractivity contribution in [2.45, 2.75) is 71.8 Å². The van der Waals surface area contributed by atoms with Crippen molar-refractivity contribution < 1.29 is 0 Å². The van der Waals surface area contributed by atoms with Crippen molar-refractivity contribution in [3.8, 4) is 0 Å². The van der Waals surface area contributed by atoms with Gasteiger partial charge in [-0.15, -0.1) is 0 Å². The number of hydrogen-bond acceptors (Lipinski definition) is 2. The molecule has 2 aliphatic rings. The standard InChI is InChI=1S/C18H36N2/c1-4-15-7-8-18(19)17(12-15)13-20-10-5-6-16(9-11-20)14(2)3/h14-18H,4-13,19H2,1-3H3. The highest BCUT2D eigenvalue weighted by atomic mass is 15.1. The monoisotopic (exact) mass is 280 g/mol. The van der Waals surface area contributed by atoms with Gasteiger partial charge in [0.05, 0.1) is 0 Å². The lowest BCUT2D eigenvalue weighted by molar-refractivity contribution is 0.155. The summed E-state index contributed by atoms with van der Waals surface area (Å²) < 4.78 is 0. The van der Waals surface area contributed by atoms with Gasteiger partial charge in [0.25, 0.3) is 0 Å². The second kappa shape index (κ2) is 7.79. The van der Waals surface area contributed by atoms with E-state index < -0.39 is 0 Å². The van der Waals surface area contributed by atoms with Crippen LogP contribution in [0.25, 0.3) is 0 Å². The largest absolute Gasteiger partial charge is 0.327 e. The van der Waals surface area contributed by atoms with Crippen LogP contribution in [0, 0.1) is 23.7 Å². The van der Waals surface area contributed by atoms with Crippen LogP contribution in [-0.4, -0.2) is 30.6 Å². The first-order valence-electron chi connectivity index (χ1n) is 9.08. The molecule has 2 N–H and O–H groups in total. The molecule has 1 saturated carbocycles. The van der Waals surface area contributed by atoms with E-state index >= 15 is 0 Å². The van der Waals surface area contributed by atoms with E-state index in [1.165, 1.54) is 64.6 Å². The van der Waals surface area contributed by atoms with Crippen molar-refractivity contribution in [2.24, 2.45) is 29.4 Å². The van der Waals surface area contributed by atoms with Gasteiger partial charge in [-0.1, -0.05) is 27.2 Å². The van der Waals surface area contributed by atoms with E-state index in [0.29, 0.717) is 6.04 Å². The number of hydrogen-bond donors (Lipinski definition) is 1. The smallest absolute Gasteiger partial charge is 0.00795 e. The second-order valence-corrected chi connectivity index (χ2v) is 7.75. The Morgan fingerprint density at radius 1 is 1.10 bits per heavy atom. The van der Waals surface area contributed by atoms with Crippen LogP contribution in [0.1, 0.15) is 65.7 Å². The molecule has 2 rings (SSSR count). The van der Waals surface area contributed by atoms with Gasteiger partial charge in [-0.3, -0.25) is 0 Å². The summed E-state index contributed by atoms with van der Waals surface area (Å²) in [6, 6.07) is 0.460. The number of rotatable bonds is 4. The normalized spacial score (nSPS) is 37.0. The minimum absolute atomic E-state index is 0.460. The fourth-order valence-electron chi connectivity index (χ4n) is 4.33. The van der Waals surface area contributed by atoms with Crippen LogP contribution in [0.5, 0.6) is 0 Å². The second-order valence-electron chi connectivity index (χ2n) is 7.75. The van der Waals surface area contributed by atoms with Crippen LogP contribution in [-0.2, 0) is 0 Å². The molecule has 2 fully saturated rings. The fourth-order valence-corrected chi connectivity index (χ4v) is 4.33. The molecule has 4 unspecified atom stereocenters. The summed E-state index contributed by atoms with van der Waals surface area (Å²) in [4.78, 5) is 2.73. The maximum atomic E-state index is 6.40. The maximum Gasteiger partial charge on any atom is 0.00795 e. The molecule has 2 nitrogen and oxygen atoms in total. The third-order valence-electron chi connectivity index (χ3n) is 6.03. The zero-order valence-corrected chi connectivity index (χ0v) is 14.0. The quantitative estimate of drug-likeness (QED) is 0.846. The van der Waals surface area contributed by atoms with E-state index in [1.807, 2.05) is 0 Å². The molecule has 0 aromatic carbocycles. The first-order chi connectivity index (χ1) is 9.60. The molecule has 118 valence electrons. The molecule has 0 bridgehead atoms. The first-order valence-corrected chi connectivity index (χ1v) is 9.08. The average molecular weight is 280 g/mol. The lowest BCUT2D eigenvalue weighted by atomic mass is 9.77. The van der Waals surface area contributed by atoms with Crippen LogP contribution in [0.3, 0.4) is 0 Å². The van der Waals surface area contributed by atoms with E-state index in [0.717, 1.165) is 23.7 Å². The number of nitrogens with two attached hydrogens (primary N) is 1. The third kappa shape index (κ3) is 4.46. The molecular formula is C18H36N2. The molecule has 0 radical (unpaired) electrons. The van der Waals surface area contributed by atoms with Crippen molar-refractivity contribution in [3.63, 3.8) is 0 Å². The summed E-state index contributed by atoms with van der Waals surface area (Å²) in [5.74, 6) is 3.50. The Balaban J connectivity index is 1.82. The molecule has 2 heteroatoms. The van der Waals surface area contributed by atoms with E-state index in [1.54, 1.807) is 0 Å². The first kappa shape index (κ1) is 16.3. The maximum absolute atomic E-state index is 6.40. The minimum Gasteiger partial charge on any atom is -0.327 e. The number of likely N-dealkylation sites (tertiary alicyclic amines) is 1. The van der Waals surface area contributed by atoms with Crippen LogP contribution < -0.4 is 5.73 Å². The Morgan fingerprint density at radius 3 is 2.60 bits per heavy atom. The Hall–Kier alpha value is -0.0800. The van der Waals surface area contributed by atoms with Gasteiger partial charge in [0.15, 0.2) is 0 Å². The molecule has 1 saturated heterocycles. The molecule has 0 aromatic heterocycles. The zero-order valence-electron chi connectivity index (χ0n) is 14.0. The van der Waals surface area contributed by atoms with Crippen molar-refractivity contribution >= 4 is 0 Å². The molecule has 1 heterocycles. The molecule has 0 amide bonds. The Labute approximate surface area is 126 Å². The fraction of sp³-hybridized carbons (Fsp3) is 1.00. The molecule has 4 atom stereocenters. The Kier molecular flexibility index (Phi) is 6.35. The Morgan fingerprint density at radius 2 is 1.90 bits per heavy atom. The van der Waals surface area contributed by atoms with Crippen molar-refractivity contribution in [1.82, 2.24) is 4.90 Å². The highest BCUT2D eigenvalue weighted by molar-refractivity contribution is 4.85. The molecule has 1 aliphatic carbocycles. The summed E-state index contributed by atoms with van der Waals surface area (Å²) in [6.07, 6.45) is 9.57. The van der Waals surface area contributed by atoms with Crippen molar-refractivity contribution in [1.29, 1.82) is 0 Å². The van der Waals surface area contributed by atoms with Gasteiger partial charge in [-0.2, -0.15) is 0 Å². The summed E-state index contributed by atoms with van der Waals surface area (Å²) in [5, 5.41) is 0. The van der Waals surface area contributed by atoms with Crippen LogP contribution in [0.2, 0.25) is 0 Å².